The summed E-state index contributed by atoms with van der Waals surface area (Å²) in [4.78, 5) is 20.7. The van der Waals surface area contributed by atoms with Gasteiger partial charge < -0.3 is 9.80 Å². The van der Waals surface area contributed by atoms with E-state index in [1.165, 1.54) is 39.1 Å². The van der Waals surface area contributed by atoms with E-state index < -0.39 is 0 Å². The van der Waals surface area contributed by atoms with E-state index >= 15 is 0 Å². The highest BCUT2D eigenvalue weighted by atomic mass is 16.2. The maximum absolute atomic E-state index is 13.6. The molecule has 0 unspecified atom stereocenters. The Kier molecular flexibility index (Phi) is 8.20. The minimum atomic E-state index is 0.167. The summed E-state index contributed by atoms with van der Waals surface area (Å²) in [5, 5.41) is 0. The Morgan fingerprint density at radius 1 is 0.732 bits per heavy atom. The van der Waals surface area contributed by atoms with Crippen molar-refractivity contribution < 1.29 is 4.79 Å². The fourth-order valence-electron chi connectivity index (χ4n) is 6.47. The molecule has 1 fully saturated rings. The van der Waals surface area contributed by atoms with Gasteiger partial charge in [-0.3, -0.25) is 9.69 Å². The zero-order valence-electron chi connectivity index (χ0n) is 24.4. The monoisotopic (exact) mass is 543 g/mol. The molecule has 4 heteroatoms. The number of aryl methyl sites for hydroxylation is 2. The first kappa shape index (κ1) is 27.3. The number of carbonyl (C=O) groups excluding carboxylic acids is 1. The van der Waals surface area contributed by atoms with Gasteiger partial charge >= 0.3 is 0 Å². The van der Waals surface area contributed by atoms with Gasteiger partial charge in [-0.2, -0.15) is 0 Å². The van der Waals surface area contributed by atoms with E-state index in [1.807, 2.05) is 4.90 Å². The Balaban J connectivity index is 1.08. The summed E-state index contributed by atoms with van der Waals surface area (Å²) >= 11 is 0. The highest BCUT2D eigenvalue weighted by molar-refractivity contribution is 5.97. The molecule has 1 amide bonds. The summed E-state index contributed by atoms with van der Waals surface area (Å²) in [5.41, 5.74) is 9.77. The second kappa shape index (κ2) is 12.3. The first-order valence-electron chi connectivity index (χ1n) is 15.1. The lowest BCUT2D eigenvalue weighted by Gasteiger charge is -2.37. The van der Waals surface area contributed by atoms with E-state index in [4.69, 9.17) is 0 Å². The van der Waals surface area contributed by atoms with Crippen LogP contribution in [0.1, 0.15) is 56.1 Å². The third-order valence-corrected chi connectivity index (χ3v) is 9.00. The number of hydrogen-bond acceptors (Lipinski definition) is 3. The van der Waals surface area contributed by atoms with Gasteiger partial charge in [0.25, 0.3) is 5.91 Å². The second-order valence-corrected chi connectivity index (χ2v) is 11.7. The van der Waals surface area contributed by atoms with Gasteiger partial charge in [-0.1, -0.05) is 90.5 Å². The Bertz CT molecular complexity index is 1440. The summed E-state index contributed by atoms with van der Waals surface area (Å²) in [6.45, 7) is 10.9. The van der Waals surface area contributed by atoms with Crippen LogP contribution in [0.25, 0.3) is 0 Å². The summed E-state index contributed by atoms with van der Waals surface area (Å²) < 4.78 is 0. The zero-order valence-corrected chi connectivity index (χ0v) is 24.4. The van der Waals surface area contributed by atoms with Crippen LogP contribution < -0.4 is 4.90 Å². The molecule has 0 spiro atoms. The standard InChI is InChI=1S/C37H41N3O/c1-28-13-14-29(2)33(25-28)27-40-20-17-32-15-16-34(26-36(32)37(40)41)39-23-21-38(22-24-39)19-18-35(30-9-5-3-6-10-30)31-11-7-4-8-12-31/h3-16,25-26,35H,17-24,27H2,1-2H3. The third kappa shape index (κ3) is 6.23. The van der Waals surface area contributed by atoms with Crippen molar-refractivity contribution in [2.45, 2.75) is 39.2 Å². The van der Waals surface area contributed by atoms with Crippen LogP contribution in [0.4, 0.5) is 5.69 Å². The fourth-order valence-corrected chi connectivity index (χ4v) is 6.47. The van der Waals surface area contributed by atoms with Crippen molar-refractivity contribution in [1.82, 2.24) is 9.80 Å². The van der Waals surface area contributed by atoms with Gasteiger partial charge in [0.15, 0.2) is 0 Å². The van der Waals surface area contributed by atoms with Crippen molar-refractivity contribution in [3.63, 3.8) is 0 Å². The number of amides is 1. The number of piperazine rings is 1. The van der Waals surface area contributed by atoms with E-state index in [2.05, 4.69) is 121 Å². The Hall–Kier alpha value is -3.89. The molecule has 2 aliphatic rings. The average molecular weight is 544 g/mol. The van der Waals surface area contributed by atoms with E-state index in [0.29, 0.717) is 12.5 Å². The molecule has 2 heterocycles. The molecule has 2 aliphatic heterocycles. The summed E-state index contributed by atoms with van der Waals surface area (Å²) in [6, 6.07) is 34.9. The normalized spacial score (nSPS) is 15.8. The first-order chi connectivity index (χ1) is 20.0. The highest BCUT2D eigenvalue weighted by Gasteiger charge is 2.27. The summed E-state index contributed by atoms with van der Waals surface area (Å²) in [6.07, 6.45) is 2.03. The van der Waals surface area contributed by atoms with Crippen LogP contribution in [0.15, 0.2) is 97.1 Å². The van der Waals surface area contributed by atoms with Crippen molar-refractivity contribution in [2.75, 3.05) is 44.2 Å². The number of anilines is 1. The molecule has 4 nitrogen and oxygen atoms in total. The minimum absolute atomic E-state index is 0.167. The van der Waals surface area contributed by atoms with Crippen LogP contribution in [0.5, 0.6) is 0 Å². The molecule has 1 saturated heterocycles. The van der Waals surface area contributed by atoms with Crippen LogP contribution >= 0.6 is 0 Å². The van der Waals surface area contributed by atoms with E-state index in [1.54, 1.807) is 0 Å². The molecule has 0 saturated carbocycles. The van der Waals surface area contributed by atoms with Crippen LogP contribution in [0, 0.1) is 13.8 Å². The fraction of sp³-hybridized carbons (Fsp3) is 0.324. The Morgan fingerprint density at radius 3 is 2.10 bits per heavy atom. The van der Waals surface area contributed by atoms with Crippen LogP contribution in [-0.4, -0.2) is 55.0 Å². The molecule has 0 N–H and O–H groups in total. The summed E-state index contributed by atoms with van der Waals surface area (Å²) in [5.74, 6) is 0.578. The lowest BCUT2D eigenvalue weighted by molar-refractivity contribution is 0.0727. The van der Waals surface area contributed by atoms with Gasteiger partial charge in [0.05, 0.1) is 0 Å². The van der Waals surface area contributed by atoms with Gasteiger partial charge in [-0.15, -0.1) is 0 Å². The largest absolute Gasteiger partial charge is 0.369 e. The molecular weight excluding hydrogens is 502 g/mol. The number of fused-ring (bicyclic) bond motifs is 1. The van der Waals surface area contributed by atoms with Crippen molar-refractivity contribution in [3.05, 3.63) is 136 Å². The van der Waals surface area contributed by atoms with Gasteiger partial charge in [-0.25, -0.2) is 0 Å². The SMILES string of the molecule is Cc1ccc(C)c(CN2CCc3ccc(N4CCN(CCC(c5ccccc5)c5ccccc5)CC4)cc3C2=O)c1. The molecule has 0 atom stereocenters. The van der Waals surface area contributed by atoms with Gasteiger partial charge in [0.2, 0.25) is 0 Å². The highest BCUT2D eigenvalue weighted by Crippen LogP contribution is 2.30. The van der Waals surface area contributed by atoms with Crippen LogP contribution in [0.3, 0.4) is 0 Å². The maximum Gasteiger partial charge on any atom is 0.254 e. The number of hydrogen-bond donors (Lipinski definition) is 0. The molecule has 210 valence electrons. The molecular formula is C37H41N3O. The van der Waals surface area contributed by atoms with E-state index in [-0.39, 0.29) is 5.91 Å². The number of nitrogens with zero attached hydrogens (tertiary/aromatic N) is 3. The Morgan fingerprint density at radius 2 is 1.41 bits per heavy atom. The molecule has 6 rings (SSSR count). The average Bonchev–Trinajstić information content (AvgIpc) is 3.02. The lowest BCUT2D eigenvalue weighted by atomic mass is 9.88. The summed E-state index contributed by atoms with van der Waals surface area (Å²) in [7, 11) is 0. The molecule has 0 aliphatic carbocycles. The zero-order chi connectivity index (χ0) is 28.2. The quantitative estimate of drug-likeness (QED) is 0.243. The molecule has 41 heavy (non-hydrogen) atoms. The first-order valence-corrected chi connectivity index (χ1v) is 15.1. The Labute approximate surface area is 245 Å². The number of benzene rings is 4. The molecule has 4 aromatic carbocycles. The number of rotatable bonds is 8. The molecule has 0 bridgehead atoms. The van der Waals surface area contributed by atoms with Gasteiger partial charge in [0, 0.05) is 56.4 Å². The smallest absolute Gasteiger partial charge is 0.254 e. The molecule has 4 aromatic rings. The minimum Gasteiger partial charge on any atom is -0.369 e. The van der Waals surface area contributed by atoms with Crippen molar-refractivity contribution in [3.8, 4) is 0 Å². The van der Waals surface area contributed by atoms with Gasteiger partial charge in [-0.05, 0) is 73.2 Å². The lowest BCUT2D eigenvalue weighted by Crippen LogP contribution is -2.47. The van der Waals surface area contributed by atoms with Crippen molar-refractivity contribution in [2.24, 2.45) is 0 Å². The molecule has 0 radical (unpaired) electrons. The van der Waals surface area contributed by atoms with Crippen molar-refractivity contribution in [1.29, 1.82) is 0 Å². The predicted octanol–water partition coefficient (Wildman–Crippen LogP) is 6.85. The topological polar surface area (TPSA) is 26.8 Å². The van der Waals surface area contributed by atoms with E-state index in [0.717, 1.165) is 57.7 Å². The van der Waals surface area contributed by atoms with Gasteiger partial charge in [0.1, 0.15) is 0 Å². The second-order valence-electron chi connectivity index (χ2n) is 11.7. The van der Waals surface area contributed by atoms with Crippen LogP contribution in [0.2, 0.25) is 0 Å². The molecule has 0 aromatic heterocycles. The third-order valence-electron chi connectivity index (χ3n) is 9.00. The maximum atomic E-state index is 13.6. The van der Waals surface area contributed by atoms with E-state index in [9.17, 15) is 4.79 Å². The van der Waals surface area contributed by atoms with Crippen molar-refractivity contribution >= 4 is 11.6 Å². The number of carbonyl (C=O) groups is 1. The predicted molar refractivity (Wildman–Crippen MR) is 169 cm³/mol. The van der Waals surface area contributed by atoms with Crippen LogP contribution in [-0.2, 0) is 13.0 Å².